The molecule has 0 aromatic carbocycles. The highest BCUT2D eigenvalue weighted by Crippen LogP contribution is 2.26. The van der Waals surface area contributed by atoms with E-state index < -0.39 is 0 Å². The van der Waals surface area contributed by atoms with Crippen LogP contribution in [0.3, 0.4) is 0 Å². The molecule has 1 atom stereocenters. The number of anilines is 1. The molecule has 80 valence electrons. The standard InChI is InChI=1S/C12H10N2O2/c1-2-9-5-12(16)14(7-9)11-3-4-13-6-10(11)8-15/h1,3-4,6,8-9H,5,7H2. The fourth-order valence-corrected chi connectivity index (χ4v) is 1.79. The van der Waals surface area contributed by atoms with Crippen molar-refractivity contribution in [3.05, 3.63) is 24.0 Å². The van der Waals surface area contributed by atoms with Gasteiger partial charge >= 0.3 is 0 Å². The average Bonchev–Trinajstić information content (AvgIpc) is 2.70. The molecule has 1 saturated heterocycles. The van der Waals surface area contributed by atoms with Gasteiger partial charge in [-0.15, -0.1) is 12.3 Å². The number of pyridine rings is 1. The topological polar surface area (TPSA) is 50.3 Å². The van der Waals surface area contributed by atoms with E-state index in [4.69, 9.17) is 6.42 Å². The molecule has 2 rings (SSSR count). The van der Waals surface area contributed by atoms with Crippen LogP contribution in [0.5, 0.6) is 0 Å². The SMILES string of the molecule is C#CC1CC(=O)N(c2ccncc2C=O)C1. The largest absolute Gasteiger partial charge is 0.310 e. The summed E-state index contributed by atoms with van der Waals surface area (Å²) in [6.45, 7) is 0.472. The van der Waals surface area contributed by atoms with Crippen molar-refractivity contribution in [1.82, 2.24) is 4.98 Å². The van der Waals surface area contributed by atoms with Gasteiger partial charge < -0.3 is 4.90 Å². The maximum absolute atomic E-state index is 11.7. The number of carbonyl (C=O) groups excluding carboxylic acids is 2. The lowest BCUT2D eigenvalue weighted by Gasteiger charge is -2.17. The predicted molar refractivity (Wildman–Crippen MR) is 58.9 cm³/mol. The summed E-state index contributed by atoms with van der Waals surface area (Å²) in [4.78, 5) is 27.9. The Kier molecular flexibility index (Phi) is 2.69. The summed E-state index contributed by atoms with van der Waals surface area (Å²) in [5.74, 6) is 2.45. The van der Waals surface area contributed by atoms with E-state index in [-0.39, 0.29) is 11.8 Å². The third-order valence-electron chi connectivity index (χ3n) is 2.61. The molecule has 1 aliphatic rings. The van der Waals surface area contributed by atoms with Gasteiger partial charge in [-0.05, 0) is 6.07 Å². The number of carbonyl (C=O) groups is 2. The molecule has 1 aliphatic heterocycles. The summed E-state index contributed by atoms with van der Waals surface area (Å²) in [6.07, 6.45) is 9.33. The van der Waals surface area contributed by atoms with Crippen LogP contribution in [0.1, 0.15) is 16.8 Å². The van der Waals surface area contributed by atoms with Crippen molar-refractivity contribution in [1.29, 1.82) is 0 Å². The number of aldehydes is 1. The van der Waals surface area contributed by atoms with Crippen molar-refractivity contribution in [2.75, 3.05) is 11.4 Å². The van der Waals surface area contributed by atoms with Crippen LogP contribution in [0.4, 0.5) is 5.69 Å². The van der Waals surface area contributed by atoms with Gasteiger partial charge in [-0.25, -0.2) is 0 Å². The van der Waals surface area contributed by atoms with E-state index in [1.807, 2.05) is 0 Å². The Morgan fingerprint density at radius 3 is 3.06 bits per heavy atom. The van der Waals surface area contributed by atoms with E-state index in [2.05, 4.69) is 10.9 Å². The highest BCUT2D eigenvalue weighted by atomic mass is 16.2. The molecule has 0 spiro atoms. The molecule has 2 heterocycles. The molecule has 1 unspecified atom stereocenters. The summed E-state index contributed by atoms with van der Waals surface area (Å²) in [6, 6.07) is 1.65. The van der Waals surface area contributed by atoms with Crippen molar-refractivity contribution in [2.45, 2.75) is 6.42 Å². The average molecular weight is 214 g/mol. The number of aromatic nitrogens is 1. The number of hydrogen-bond acceptors (Lipinski definition) is 3. The lowest BCUT2D eigenvalue weighted by Crippen LogP contribution is -2.25. The zero-order chi connectivity index (χ0) is 11.5. The first-order chi connectivity index (χ1) is 7.76. The number of nitrogens with zero attached hydrogens (tertiary/aromatic N) is 2. The van der Waals surface area contributed by atoms with Crippen LogP contribution in [-0.2, 0) is 4.79 Å². The fourth-order valence-electron chi connectivity index (χ4n) is 1.79. The molecule has 1 fully saturated rings. The normalized spacial score (nSPS) is 19.6. The van der Waals surface area contributed by atoms with Gasteiger partial charge in [-0.3, -0.25) is 14.6 Å². The van der Waals surface area contributed by atoms with Crippen LogP contribution in [0.25, 0.3) is 0 Å². The van der Waals surface area contributed by atoms with Gasteiger partial charge in [0.25, 0.3) is 0 Å². The molecule has 0 radical (unpaired) electrons. The minimum absolute atomic E-state index is 0.0442. The molecule has 1 aromatic rings. The van der Waals surface area contributed by atoms with Crippen LogP contribution in [-0.4, -0.2) is 23.7 Å². The summed E-state index contributed by atoms with van der Waals surface area (Å²) < 4.78 is 0. The zero-order valence-electron chi connectivity index (χ0n) is 8.59. The van der Waals surface area contributed by atoms with E-state index in [1.54, 1.807) is 17.2 Å². The Hall–Kier alpha value is -2.15. The van der Waals surface area contributed by atoms with E-state index in [0.29, 0.717) is 30.5 Å². The molecular formula is C12H10N2O2. The number of hydrogen-bond donors (Lipinski definition) is 0. The summed E-state index contributed by atoms with van der Waals surface area (Å²) in [7, 11) is 0. The van der Waals surface area contributed by atoms with Crippen LogP contribution in [0.15, 0.2) is 18.5 Å². The minimum Gasteiger partial charge on any atom is -0.310 e. The molecule has 16 heavy (non-hydrogen) atoms. The lowest BCUT2D eigenvalue weighted by molar-refractivity contribution is -0.117. The van der Waals surface area contributed by atoms with Crippen LogP contribution < -0.4 is 4.90 Å². The summed E-state index contributed by atoms with van der Waals surface area (Å²) in [5, 5.41) is 0. The molecule has 1 aromatic heterocycles. The molecular weight excluding hydrogens is 204 g/mol. The van der Waals surface area contributed by atoms with Gasteiger partial charge in [0, 0.05) is 31.3 Å². The molecule has 0 bridgehead atoms. The number of rotatable bonds is 2. The molecule has 0 N–H and O–H groups in total. The molecule has 4 heteroatoms. The third-order valence-corrected chi connectivity index (χ3v) is 2.61. The Balaban J connectivity index is 2.35. The Bertz CT molecular complexity index is 476. The van der Waals surface area contributed by atoms with Crippen molar-refractivity contribution in [3.8, 4) is 12.3 Å². The summed E-state index contributed by atoms with van der Waals surface area (Å²) in [5.41, 5.74) is 1.00. The fraction of sp³-hybridized carbons (Fsp3) is 0.250. The quantitative estimate of drug-likeness (QED) is 0.542. The molecule has 4 nitrogen and oxygen atoms in total. The van der Waals surface area contributed by atoms with Gasteiger partial charge in [0.2, 0.25) is 5.91 Å². The summed E-state index contributed by atoms with van der Waals surface area (Å²) >= 11 is 0. The highest BCUT2D eigenvalue weighted by molar-refractivity contribution is 6.00. The molecule has 1 amide bonds. The van der Waals surface area contributed by atoms with Gasteiger partial charge in [-0.1, -0.05) is 0 Å². The Morgan fingerprint density at radius 1 is 1.62 bits per heavy atom. The van der Waals surface area contributed by atoms with Gasteiger partial charge in [0.1, 0.15) is 0 Å². The van der Waals surface area contributed by atoms with Crippen molar-refractivity contribution in [2.24, 2.45) is 5.92 Å². The van der Waals surface area contributed by atoms with Crippen molar-refractivity contribution in [3.63, 3.8) is 0 Å². The maximum atomic E-state index is 11.7. The Morgan fingerprint density at radius 2 is 2.44 bits per heavy atom. The maximum Gasteiger partial charge on any atom is 0.228 e. The first kappa shape index (κ1) is 10.4. The number of amides is 1. The second kappa shape index (κ2) is 4.15. The van der Waals surface area contributed by atoms with E-state index in [0.717, 1.165) is 0 Å². The van der Waals surface area contributed by atoms with Crippen LogP contribution in [0, 0.1) is 18.3 Å². The number of terminal acetylenes is 1. The van der Waals surface area contributed by atoms with Crippen LogP contribution >= 0.6 is 0 Å². The van der Waals surface area contributed by atoms with Crippen molar-refractivity contribution >= 4 is 17.9 Å². The zero-order valence-corrected chi connectivity index (χ0v) is 8.59. The second-order valence-corrected chi connectivity index (χ2v) is 3.62. The van der Waals surface area contributed by atoms with Gasteiger partial charge in [0.15, 0.2) is 6.29 Å². The lowest BCUT2D eigenvalue weighted by atomic mass is 10.1. The Labute approximate surface area is 93.3 Å². The second-order valence-electron chi connectivity index (χ2n) is 3.62. The smallest absolute Gasteiger partial charge is 0.228 e. The minimum atomic E-state index is -0.0693. The molecule has 0 aliphatic carbocycles. The molecule has 0 saturated carbocycles. The monoisotopic (exact) mass is 214 g/mol. The van der Waals surface area contributed by atoms with Gasteiger partial charge in [0.05, 0.1) is 11.3 Å². The highest BCUT2D eigenvalue weighted by Gasteiger charge is 2.30. The van der Waals surface area contributed by atoms with E-state index in [1.165, 1.54) is 6.20 Å². The first-order valence-corrected chi connectivity index (χ1v) is 4.92. The van der Waals surface area contributed by atoms with E-state index >= 15 is 0 Å². The van der Waals surface area contributed by atoms with Gasteiger partial charge in [-0.2, -0.15) is 0 Å². The predicted octanol–water partition coefficient (Wildman–Crippen LogP) is 0.880. The van der Waals surface area contributed by atoms with E-state index in [9.17, 15) is 9.59 Å². The van der Waals surface area contributed by atoms with Crippen LogP contribution in [0.2, 0.25) is 0 Å². The third kappa shape index (κ3) is 1.68. The first-order valence-electron chi connectivity index (χ1n) is 4.92. The van der Waals surface area contributed by atoms with Crippen molar-refractivity contribution < 1.29 is 9.59 Å².